The van der Waals surface area contributed by atoms with Crippen molar-refractivity contribution < 1.29 is 23.1 Å². The first-order valence-corrected chi connectivity index (χ1v) is 7.66. The fraction of sp³-hybridized carbons (Fsp3) is 0.273. The molecule has 10 heteroatoms. The van der Waals surface area contributed by atoms with E-state index in [4.69, 9.17) is 17.3 Å². The summed E-state index contributed by atoms with van der Waals surface area (Å²) in [5.41, 5.74) is 5.79. The van der Waals surface area contributed by atoms with Crippen molar-refractivity contribution in [2.75, 3.05) is 11.9 Å². The summed E-state index contributed by atoms with van der Waals surface area (Å²) in [5.74, 6) is -1.31. The van der Waals surface area contributed by atoms with Crippen LogP contribution in [-0.2, 0) is 26.0 Å². The summed E-state index contributed by atoms with van der Waals surface area (Å²) in [6, 6.07) is 2.61. The minimum atomic E-state index is -4.05. The minimum Gasteiger partial charge on any atom is -0.382 e. The maximum Gasteiger partial charge on any atom is 0.247 e. The third kappa shape index (κ3) is 3.32. The number of fused-ring (bicyclic) bond motifs is 1. The molecule has 2 rings (SSSR count). The number of nitrogens with two attached hydrogens (primary N) is 1. The molecule has 2 amide bonds. The topological polar surface area (TPSA) is 139 Å². The van der Waals surface area contributed by atoms with Crippen molar-refractivity contribution in [2.45, 2.75) is 17.4 Å². The summed E-state index contributed by atoms with van der Waals surface area (Å²) in [5, 5.41) is 11.7. The van der Waals surface area contributed by atoms with E-state index in [1.54, 1.807) is 0 Å². The van der Waals surface area contributed by atoms with Crippen molar-refractivity contribution in [1.82, 2.24) is 4.72 Å². The number of sulfonamides is 1. The summed E-state index contributed by atoms with van der Waals surface area (Å²) < 4.78 is 26.2. The number of hydrogen-bond acceptors (Lipinski definition) is 5. The third-order valence-corrected chi connectivity index (χ3v) is 4.76. The van der Waals surface area contributed by atoms with Gasteiger partial charge in [-0.25, -0.2) is 13.1 Å². The highest BCUT2D eigenvalue weighted by molar-refractivity contribution is 7.89. The first kappa shape index (κ1) is 15.7. The van der Waals surface area contributed by atoms with E-state index >= 15 is 0 Å². The average Bonchev–Trinajstić information content (AvgIpc) is 2.73. The summed E-state index contributed by atoms with van der Waals surface area (Å²) in [4.78, 5) is 21.7. The molecule has 1 aromatic carbocycles. The molecule has 0 saturated heterocycles. The number of anilines is 1. The van der Waals surface area contributed by atoms with Crippen LogP contribution in [-0.4, -0.2) is 38.0 Å². The first-order valence-electron chi connectivity index (χ1n) is 5.80. The van der Waals surface area contributed by atoms with Crippen molar-refractivity contribution in [3.63, 3.8) is 0 Å². The van der Waals surface area contributed by atoms with Gasteiger partial charge in [0, 0.05) is 12.2 Å². The monoisotopic (exact) mass is 333 g/mol. The van der Waals surface area contributed by atoms with Crippen LogP contribution in [0.1, 0.15) is 5.56 Å². The van der Waals surface area contributed by atoms with E-state index < -0.39 is 28.6 Å². The SMILES string of the molecule is NC(=O)C(O)CNS(=O)(=O)c1cc2c(cc1Cl)NC(=O)C2. The van der Waals surface area contributed by atoms with Gasteiger partial charge in [0.2, 0.25) is 21.8 Å². The lowest BCUT2D eigenvalue weighted by Crippen LogP contribution is -2.40. The number of benzene rings is 1. The molecule has 5 N–H and O–H groups in total. The number of halogens is 1. The number of amides is 2. The number of carbonyl (C=O) groups is 2. The van der Waals surface area contributed by atoms with Crippen molar-refractivity contribution >= 4 is 39.1 Å². The van der Waals surface area contributed by atoms with E-state index in [2.05, 4.69) is 5.32 Å². The summed E-state index contributed by atoms with van der Waals surface area (Å²) in [6.07, 6.45) is -1.59. The molecule has 1 aliphatic heterocycles. The van der Waals surface area contributed by atoms with Crippen molar-refractivity contribution in [1.29, 1.82) is 0 Å². The van der Waals surface area contributed by atoms with Crippen molar-refractivity contribution in [3.8, 4) is 0 Å². The summed E-state index contributed by atoms with van der Waals surface area (Å²) in [7, 11) is -4.05. The van der Waals surface area contributed by atoms with Crippen molar-refractivity contribution in [3.05, 3.63) is 22.7 Å². The van der Waals surface area contributed by atoms with Crippen LogP contribution in [0.2, 0.25) is 5.02 Å². The highest BCUT2D eigenvalue weighted by Crippen LogP contribution is 2.32. The molecule has 0 bridgehead atoms. The Morgan fingerprint density at radius 3 is 2.81 bits per heavy atom. The molecule has 0 aromatic heterocycles. The standard InChI is InChI=1S/C11H12ClN3O5S/c12-6-3-7-5(2-10(17)15-7)1-9(6)21(19,20)14-4-8(16)11(13)18/h1,3,8,14,16H,2,4H2,(H2,13,18)(H,15,17). The van der Waals surface area contributed by atoms with Crippen LogP contribution in [0.15, 0.2) is 17.0 Å². The molecule has 0 spiro atoms. The zero-order valence-corrected chi connectivity index (χ0v) is 12.2. The second-order valence-electron chi connectivity index (χ2n) is 4.43. The molecule has 1 aliphatic rings. The van der Waals surface area contributed by atoms with Crippen LogP contribution < -0.4 is 15.8 Å². The molecule has 1 aromatic rings. The first-order chi connectivity index (χ1) is 9.70. The zero-order valence-electron chi connectivity index (χ0n) is 10.6. The highest BCUT2D eigenvalue weighted by Gasteiger charge is 2.26. The number of nitrogens with one attached hydrogen (secondary N) is 2. The minimum absolute atomic E-state index is 0.0545. The fourth-order valence-electron chi connectivity index (χ4n) is 1.80. The second-order valence-corrected chi connectivity index (χ2v) is 6.58. The Morgan fingerprint density at radius 2 is 2.19 bits per heavy atom. The quantitative estimate of drug-likeness (QED) is 0.545. The zero-order chi connectivity index (χ0) is 15.8. The predicted molar refractivity (Wildman–Crippen MR) is 74.2 cm³/mol. The molecule has 1 unspecified atom stereocenters. The van der Waals surface area contributed by atoms with Gasteiger partial charge < -0.3 is 16.2 Å². The van der Waals surface area contributed by atoms with Gasteiger partial charge in [0.15, 0.2) is 0 Å². The number of aliphatic hydroxyl groups is 1. The van der Waals surface area contributed by atoms with E-state index in [1.807, 2.05) is 4.72 Å². The van der Waals surface area contributed by atoms with Gasteiger partial charge in [-0.2, -0.15) is 0 Å². The smallest absolute Gasteiger partial charge is 0.247 e. The Bertz CT molecular complexity index is 719. The molecular weight excluding hydrogens is 322 g/mol. The average molecular weight is 334 g/mol. The Kier molecular flexibility index (Phi) is 4.19. The Labute approximate surface area is 125 Å². The molecule has 0 fully saturated rings. The molecule has 1 atom stereocenters. The Hall–Kier alpha value is -1.68. The van der Waals surface area contributed by atoms with E-state index in [-0.39, 0.29) is 22.2 Å². The molecule has 1 heterocycles. The number of rotatable bonds is 5. The largest absolute Gasteiger partial charge is 0.382 e. The molecule has 114 valence electrons. The van der Waals surface area contributed by atoms with Gasteiger partial charge in [-0.1, -0.05) is 11.6 Å². The number of aliphatic hydroxyl groups excluding tert-OH is 1. The van der Waals surface area contributed by atoms with Crippen molar-refractivity contribution in [2.24, 2.45) is 5.73 Å². The lowest BCUT2D eigenvalue weighted by molar-refractivity contribution is -0.125. The van der Waals surface area contributed by atoms with Gasteiger partial charge in [0.05, 0.1) is 11.4 Å². The molecule has 0 saturated carbocycles. The molecule has 21 heavy (non-hydrogen) atoms. The Morgan fingerprint density at radius 1 is 1.52 bits per heavy atom. The molecule has 8 nitrogen and oxygen atoms in total. The highest BCUT2D eigenvalue weighted by atomic mass is 35.5. The van der Waals surface area contributed by atoms with Gasteiger partial charge in [-0.3, -0.25) is 9.59 Å². The van der Waals surface area contributed by atoms with E-state index in [1.165, 1.54) is 12.1 Å². The lowest BCUT2D eigenvalue weighted by Gasteiger charge is -2.11. The van der Waals surface area contributed by atoms with Gasteiger partial charge in [0.25, 0.3) is 0 Å². The Balaban J connectivity index is 2.27. The van der Waals surface area contributed by atoms with Crippen LogP contribution >= 0.6 is 11.6 Å². The van der Waals surface area contributed by atoms with Crippen LogP contribution in [0.25, 0.3) is 0 Å². The third-order valence-electron chi connectivity index (χ3n) is 2.87. The number of carbonyl (C=O) groups excluding carboxylic acids is 2. The maximum atomic E-state index is 12.1. The molecule has 0 aliphatic carbocycles. The summed E-state index contributed by atoms with van der Waals surface area (Å²) in [6.45, 7) is -0.567. The molecular formula is C11H12ClN3O5S. The van der Waals surface area contributed by atoms with Gasteiger partial charge >= 0.3 is 0 Å². The van der Waals surface area contributed by atoms with Crippen LogP contribution in [0.4, 0.5) is 5.69 Å². The maximum absolute atomic E-state index is 12.1. The second kappa shape index (κ2) is 5.60. The van der Waals surface area contributed by atoms with Crippen LogP contribution in [0.5, 0.6) is 0 Å². The van der Waals surface area contributed by atoms with Gasteiger partial charge in [-0.15, -0.1) is 0 Å². The van der Waals surface area contributed by atoms with E-state index in [0.29, 0.717) is 11.3 Å². The van der Waals surface area contributed by atoms with E-state index in [9.17, 15) is 23.1 Å². The summed E-state index contributed by atoms with van der Waals surface area (Å²) >= 11 is 5.89. The molecule has 0 radical (unpaired) electrons. The fourth-order valence-corrected chi connectivity index (χ4v) is 3.41. The number of hydrogen-bond donors (Lipinski definition) is 4. The predicted octanol–water partition coefficient (Wildman–Crippen LogP) is -1.04. The normalized spacial score (nSPS) is 15.4. The number of primary amides is 1. The lowest BCUT2D eigenvalue weighted by atomic mass is 10.2. The van der Waals surface area contributed by atoms with E-state index in [0.717, 1.165) is 0 Å². The van der Waals surface area contributed by atoms with Gasteiger partial charge in [-0.05, 0) is 17.7 Å². The van der Waals surface area contributed by atoms with Gasteiger partial charge in [0.1, 0.15) is 11.0 Å². The van der Waals surface area contributed by atoms with Crippen LogP contribution in [0, 0.1) is 0 Å². The van der Waals surface area contributed by atoms with Crippen LogP contribution in [0.3, 0.4) is 0 Å².